The Morgan fingerprint density at radius 2 is 2.00 bits per heavy atom. The molecule has 0 amide bonds. The van der Waals surface area contributed by atoms with E-state index in [1.54, 1.807) is 0 Å². The quantitative estimate of drug-likeness (QED) is 0.674. The topological polar surface area (TPSA) is 14.2 Å². The van der Waals surface area contributed by atoms with Gasteiger partial charge in [0.2, 0.25) is 0 Å². The molecule has 106 valence electrons. The van der Waals surface area contributed by atoms with Gasteiger partial charge in [0.1, 0.15) is 6.10 Å². The minimum absolute atomic E-state index is 0.0989. The summed E-state index contributed by atoms with van der Waals surface area (Å²) in [5.41, 5.74) is 3.79. The smallest absolute Gasteiger partial charge is 0.101 e. The van der Waals surface area contributed by atoms with Crippen LogP contribution in [0.2, 0.25) is 5.02 Å². The highest BCUT2D eigenvalue weighted by Gasteiger charge is 2.21. The summed E-state index contributed by atoms with van der Waals surface area (Å²) in [6, 6.07) is 16.7. The van der Waals surface area contributed by atoms with Gasteiger partial charge in [0.25, 0.3) is 0 Å². The van der Waals surface area contributed by atoms with Gasteiger partial charge in [-0.15, -0.1) is 0 Å². The van der Waals surface area contributed by atoms with Gasteiger partial charge < -0.3 is 9.30 Å². The van der Waals surface area contributed by atoms with Gasteiger partial charge in [-0.2, -0.15) is 0 Å². The summed E-state index contributed by atoms with van der Waals surface area (Å²) >= 11 is 6.36. The molecule has 0 bridgehead atoms. The first-order valence-electron chi connectivity index (χ1n) is 7.26. The maximum absolute atomic E-state index is 6.36. The van der Waals surface area contributed by atoms with Crippen molar-refractivity contribution in [3.05, 3.63) is 70.9 Å². The predicted molar refractivity (Wildman–Crippen MR) is 85.8 cm³/mol. The molecule has 0 aliphatic carbocycles. The van der Waals surface area contributed by atoms with Gasteiger partial charge in [0, 0.05) is 11.6 Å². The van der Waals surface area contributed by atoms with Gasteiger partial charge >= 0.3 is 0 Å². The second-order valence-electron chi connectivity index (χ2n) is 5.45. The van der Waals surface area contributed by atoms with E-state index in [0.29, 0.717) is 0 Å². The zero-order valence-electron chi connectivity index (χ0n) is 11.6. The number of ether oxygens (including phenoxy) is 1. The molecule has 4 rings (SSSR count). The minimum atomic E-state index is 0.0989. The van der Waals surface area contributed by atoms with Gasteiger partial charge in [-0.25, -0.2) is 0 Å². The van der Waals surface area contributed by atoms with E-state index >= 15 is 0 Å². The molecule has 1 aliphatic heterocycles. The number of benzene rings is 2. The largest absolute Gasteiger partial charge is 0.371 e. The van der Waals surface area contributed by atoms with E-state index < -0.39 is 0 Å². The van der Waals surface area contributed by atoms with Crippen LogP contribution < -0.4 is 0 Å². The molecule has 0 fully saturated rings. The van der Waals surface area contributed by atoms with E-state index in [0.717, 1.165) is 30.1 Å². The van der Waals surface area contributed by atoms with Crippen LogP contribution in [0.1, 0.15) is 17.2 Å². The zero-order valence-corrected chi connectivity index (χ0v) is 12.4. The third kappa shape index (κ3) is 2.25. The highest BCUT2D eigenvalue weighted by molar-refractivity contribution is 6.35. The van der Waals surface area contributed by atoms with Crippen molar-refractivity contribution in [2.45, 2.75) is 19.1 Å². The van der Waals surface area contributed by atoms with E-state index in [4.69, 9.17) is 16.3 Å². The first-order valence-corrected chi connectivity index (χ1v) is 7.63. The molecule has 1 aliphatic rings. The van der Waals surface area contributed by atoms with Crippen LogP contribution in [0.4, 0.5) is 0 Å². The number of nitrogens with zero attached hydrogens (tertiary/aromatic N) is 1. The molecule has 21 heavy (non-hydrogen) atoms. The SMILES string of the molecule is Clc1cccc2ccn(CC3OCCc4ccccc43)c12. The Kier molecular flexibility index (Phi) is 3.21. The van der Waals surface area contributed by atoms with Gasteiger partial charge in [0.15, 0.2) is 0 Å². The van der Waals surface area contributed by atoms with E-state index in [9.17, 15) is 0 Å². The fraction of sp³-hybridized carbons (Fsp3) is 0.222. The van der Waals surface area contributed by atoms with Crippen molar-refractivity contribution in [3.8, 4) is 0 Å². The Labute approximate surface area is 128 Å². The van der Waals surface area contributed by atoms with Gasteiger partial charge in [-0.05, 0) is 29.7 Å². The van der Waals surface area contributed by atoms with E-state index in [-0.39, 0.29) is 6.10 Å². The van der Waals surface area contributed by atoms with Crippen LogP contribution in [0.15, 0.2) is 54.7 Å². The molecule has 0 N–H and O–H groups in total. The number of hydrogen-bond donors (Lipinski definition) is 0. The molecule has 2 nitrogen and oxygen atoms in total. The second-order valence-corrected chi connectivity index (χ2v) is 5.86. The molecule has 2 heterocycles. The predicted octanol–water partition coefficient (Wildman–Crippen LogP) is 4.61. The van der Waals surface area contributed by atoms with Crippen molar-refractivity contribution in [2.24, 2.45) is 0 Å². The van der Waals surface area contributed by atoms with Crippen LogP contribution in [0.5, 0.6) is 0 Å². The van der Waals surface area contributed by atoms with E-state index in [2.05, 4.69) is 47.2 Å². The number of aromatic nitrogens is 1. The molecular formula is C18H16ClNO. The normalized spacial score (nSPS) is 17.9. The van der Waals surface area contributed by atoms with Crippen LogP contribution in [-0.2, 0) is 17.7 Å². The van der Waals surface area contributed by atoms with Crippen molar-refractivity contribution in [1.82, 2.24) is 4.57 Å². The number of hydrogen-bond acceptors (Lipinski definition) is 1. The average Bonchev–Trinajstić information content (AvgIpc) is 2.92. The summed E-state index contributed by atoms with van der Waals surface area (Å²) in [6.45, 7) is 1.58. The fourth-order valence-electron chi connectivity index (χ4n) is 3.17. The lowest BCUT2D eigenvalue weighted by atomic mass is 9.97. The molecule has 3 aromatic rings. The Morgan fingerprint density at radius 1 is 1.10 bits per heavy atom. The summed E-state index contributed by atoms with van der Waals surface area (Å²) < 4.78 is 8.20. The van der Waals surface area contributed by atoms with Crippen molar-refractivity contribution < 1.29 is 4.74 Å². The van der Waals surface area contributed by atoms with Crippen molar-refractivity contribution in [1.29, 1.82) is 0 Å². The number of rotatable bonds is 2. The molecule has 0 saturated heterocycles. The molecule has 1 aromatic heterocycles. The Balaban J connectivity index is 1.73. The van der Waals surface area contributed by atoms with Gasteiger partial charge in [-0.3, -0.25) is 0 Å². The lowest BCUT2D eigenvalue weighted by Gasteiger charge is -2.26. The molecule has 1 unspecified atom stereocenters. The van der Waals surface area contributed by atoms with Crippen LogP contribution in [0.25, 0.3) is 10.9 Å². The third-order valence-corrected chi connectivity index (χ3v) is 4.50. The molecule has 2 aromatic carbocycles. The van der Waals surface area contributed by atoms with Crippen molar-refractivity contribution in [3.63, 3.8) is 0 Å². The summed E-state index contributed by atoms with van der Waals surface area (Å²) in [5, 5.41) is 1.97. The van der Waals surface area contributed by atoms with Crippen LogP contribution >= 0.6 is 11.6 Å². The van der Waals surface area contributed by atoms with Gasteiger partial charge in [0.05, 0.1) is 23.7 Å². The number of halogens is 1. The molecule has 0 saturated carbocycles. The monoisotopic (exact) mass is 297 g/mol. The highest BCUT2D eigenvalue weighted by atomic mass is 35.5. The van der Waals surface area contributed by atoms with Gasteiger partial charge in [-0.1, -0.05) is 48.0 Å². The Bertz CT molecular complexity index is 793. The minimum Gasteiger partial charge on any atom is -0.371 e. The van der Waals surface area contributed by atoms with Crippen LogP contribution in [0, 0.1) is 0 Å². The summed E-state index contributed by atoms with van der Waals surface area (Å²) in [6.07, 6.45) is 3.19. The molecule has 1 atom stereocenters. The summed E-state index contributed by atoms with van der Waals surface area (Å²) in [7, 11) is 0. The lowest BCUT2D eigenvalue weighted by molar-refractivity contribution is 0.0314. The third-order valence-electron chi connectivity index (χ3n) is 4.19. The second kappa shape index (κ2) is 5.21. The van der Waals surface area contributed by atoms with Crippen LogP contribution in [0.3, 0.4) is 0 Å². The first-order chi connectivity index (χ1) is 10.3. The molecular weight excluding hydrogens is 282 g/mol. The standard InChI is InChI=1S/C18H16ClNO/c19-16-7-3-5-14-8-10-20(18(14)16)12-17-15-6-2-1-4-13(15)9-11-21-17/h1-8,10,17H,9,11-12H2. The van der Waals surface area contributed by atoms with Crippen LogP contribution in [-0.4, -0.2) is 11.2 Å². The van der Waals surface area contributed by atoms with Crippen molar-refractivity contribution >= 4 is 22.5 Å². The van der Waals surface area contributed by atoms with Crippen molar-refractivity contribution in [2.75, 3.05) is 6.61 Å². The number of para-hydroxylation sites is 1. The molecule has 0 radical (unpaired) electrons. The summed E-state index contributed by atoms with van der Waals surface area (Å²) in [5.74, 6) is 0. The van der Waals surface area contributed by atoms with E-state index in [1.165, 1.54) is 16.5 Å². The fourth-order valence-corrected chi connectivity index (χ4v) is 3.46. The Morgan fingerprint density at radius 3 is 2.95 bits per heavy atom. The maximum atomic E-state index is 6.36. The highest BCUT2D eigenvalue weighted by Crippen LogP contribution is 2.31. The summed E-state index contributed by atoms with van der Waals surface area (Å²) in [4.78, 5) is 0. The maximum Gasteiger partial charge on any atom is 0.101 e. The van der Waals surface area contributed by atoms with E-state index in [1.807, 2.05) is 12.1 Å². The molecule has 0 spiro atoms. The first kappa shape index (κ1) is 12.9. The molecule has 3 heteroatoms. The lowest BCUT2D eigenvalue weighted by Crippen LogP contribution is -2.20. The average molecular weight is 298 g/mol. The number of fused-ring (bicyclic) bond motifs is 2. The Hall–Kier alpha value is -1.77. The zero-order chi connectivity index (χ0) is 14.2.